The second kappa shape index (κ2) is 6.68. The largest absolute Gasteiger partial charge is 0.352 e. The first-order valence-electron chi connectivity index (χ1n) is 8.97. The van der Waals surface area contributed by atoms with Crippen LogP contribution in [0.25, 0.3) is 0 Å². The Morgan fingerprint density at radius 2 is 1.65 bits per heavy atom. The molecule has 3 rings (SSSR count). The van der Waals surface area contributed by atoms with Crippen LogP contribution in [0, 0.1) is 11.8 Å². The number of sulfone groups is 1. The molecule has 3 unspecified atom stereocenters. The predicted molar refractivity (Wildman–Crippen MR) is 101 cm³/mol. The second-order valence-corrected chi connectivity index (χ2v) is 10.6. The highest BCUT2D eigenvalue weighted by atomic mass is 32.2. The van der Waals surface area contributed by atoms with Crippen molar-refractivity contribution in [3.63, 3.8) is 0 Å². The molecule has 0 bridgehead atoms. The highest BCUT2D eigenvalue weighted by Gasteiger charge is 2.48. The molecule has 2 N–H and O–H groups in total. The lowest BCUT2D eigenvalue weighted by atomic mass is 9.87. The van der Waals surface area contributed by atoms with E-state index in [1.54, 1.807) is 0 Å². The van der Waals surface area contributed by atoms with E-state index in [9.17, 15) is 18.0 Å². The molecule has 142 valence electrons. The lowest BCUT2D eigenvalue weighted by Gasteiger charge is -2.19. The Balaban J connectivity index is 1.50. The first-order valence-corrected chi connectivity index (χ1v) is 10.8. The van der Waals surface area contributed by atoms with Gasteiger partial charge in [-0.3, -0.25) is 9.59 Å². The molecule has 7 heteroatoms. The average Bonchev–Trinajstić information content (AvgIpc) is 3.26. The van der Waals surface area contributed by atoms with Crippen LogP contribution in [0.2, 0.25) is 0 Å². The zero-order chi connectivity index (χ0) is 19.1. The minimum atomic E-state index is -3.03. The molecule has 2 fully saturated rings. The molecule has 26 heavy (non-hydrogen) atoms. The van der Waals surface area contributed by atoms with Gasteiger partial charge in [-0.2, -0.15) is 0 Å². The normalized spacial score (nSPS) is 27.0. The van der Waals surface area contributed by atoms with Crippen LogP contribution >= 0.6 is 0 Å². The zero-order valence-electron chi connectivity index (χ0n) is 15.4. The van der Waals surface area contributed by atoms with Gasteiger partial charge in [0.2, 0.25) is 11.8 Å². The van der Waals surface area contributed by atoms with Gasteiger partial charge in [-0.15, -0.1) is 0 Å². The Bertz CT molecular complexity index is 809. The molecule has 1 aromatic rings. The maximum atomic E-state index is 12.3. The van der Waals surface area contributed by atoms with Crippen molar-refractivity contribution in [1.82, 2.24) is 5.32 Å². The Kier molecular flexibility index (Phi) is 4.86. The van der Waals surface area contributed by atoms with E-state index in [0.29, 0.717) is 12.8 Å². The van der Waals surface area contributed by atoms with Gasteiger partial charge >= 0.3 is 0 Å². The molecule has 1 saturated carbocycles. The molecule has 0 radical (unpaired) electrons. The fourth-order valence-electron chi connectivity index (χ4n) is 3.28. The van der Waals surface area contributed by atoms with E-state index in [2.05, 4.69) is 31.4 Å². The lowest BCUT2D eigenvalue weighted by Crippen LogP contribution is -2.37. The Morgan fingerprint density at radius 3 is 2.19 bits per heavy atom. The Hall–Kier alpha value is -1.89. The van der Waals surface area contributed by atoms with Gasteiger partial charge in [0, 0.05) is 11.7 Å². The minimum absolute atomic E-state index is 0.00243. The van der Waals surface area contributed by atoms with Crippen LogP contribution in [0.3, 0.4) is 0 Å². The maximum absolute atomic E-state index is 12.3. The SMILES string of the molecule is CC(C)(C)c1ccc(NC(=O)C2CC2C(=O)NC2CCS(=O)(=O)C2)cc1. The first kappa shape index (κ1) is 18.9. The topological polar surface area (TPSA) is 92.3 Å². The van der Waals surface area contributed by atoms with Gasteiger partial charge in [-0.05, 0) is 36.0 Å². The molecule has 1 aliphatic carbocycles. The van der Waals surface area contributed by atoms with Crippen LogP contribution in [0.5, 0.6) is 0 Å². The third-order valence-electron chi connectivity index (χ3n) is 5.06. The smallest absolute Gasteiger partial charge is 0.228 e. The van der Waals surface area contributed by atoms with Gasteiger partial charge in [0.15, 0.2) is 9.84 Å². The van der Waals surface area contributed by atoms with Crippen LogP contribution in [-0.4, -0.2) is 37.8 Å². The highest BCUT2D eigenvalue weighted by molar-refractivity contribution is 7.91. The molecule has 2 aliphatic rings. The molecule has 0 aromatic heterocycles. The van der Waals surface area contributed by atoms with Crippen LogP contribution in [0.1, 0.15) is 39.2 Å². The van der Waals surface area contributed by atoms with E-state index in [1.807, 2.05) is 24.3 Å². The molecule has 1 aromatic carbocycles. The molecule has 1 aliphatic heterocycles. The van der Waals surface area contributed by atoms with E-state index in [0.717, 1.165) is 5.69 Å². The van der Waals surface area contributed by atoms with E-state index in [1.165, 1.54) is 5.56 Å². The predicted octanol–water partition coefficient (Wildman–Crippen LogP) is 1.86. The van der Waals surface area contributed by atoms with Crippen molar-refractivity contribution >= 4 is 27.3 Å². The van der Waals surface area contributed by atoms with Crippen molar-refractivity contribution in [1.29, 1.82) is 0 Å². The number of amides is 2. The minimum Gasteiger partial charge on any atom is -0.352 e. The summed E-state index contributed by atoms with van der Waals surface area (Å²) in [7, 11) is -3.03. The number of hydrogen-bond donors (Lipinski definition) is 2. The summed E-state index contributed by atoms with van der Waals surface area (Å²) >= 11 is 0. The Morgan fingerprint density at radius 1 is 1.04 bits per heavy atom. The van der Waals surface area contributed by atoms with Gasteiger partial charge in [0.05, 0.1) is 23.3 Å². The summed E-state index contributed by atoms with van der Waals surface area (Å²) in [6, 6.07) is 7.42. The van der Waals surface area contributed by atoms with E-state index >= 15 is 0 Å². The summed E-state index contributed by atoms with van der Waals surface area (Å²) in [5.74, 6) is -0.940. The Labute approximate surface area is 154 Å². The number of carbonyl (C=O) groups excluding carboxylic acids is 2. The fraction of sp³-hybridized carbons (Fsp3) is 0.579. The van der Waals surface area contributed by atoms with Crippen LogP contribution < -0.4 is 10.6 Å². The third-order valence-corrected chi connectivity index (χ3v) is 6.83. The summed E-state index contributed by atoms with van der Waals surface area (Å²) in [6.07, 6.45) is 0.967. The van der Waals surface area contributed by atoms with Crippen molar-refractivity contribution in [2.75, 3.05) is 16.8 Å². The molecule has 6 nitrogen and oxygen atoms in total. The monoisotopic (exact) mass is 378 g/mol. The summed E-state index contributed by atoms with van der Waals surface area (Å²) in [6.45, 7) is 6.39. The maximum Gasteiger partial charge on any atom is 0.228 e. The summed E-state index contributed by atoms with van der Waals surface area (Å²) in [5, 5.41) is 5.63. The van der Waals surface area contributed by atoms with E-state index in [-0.39, 0.29) is 46.6 Å². The zero-order valence-corrected chi connectivity index (χ0v) is 16.2. The van der Waals surface area contributed by atoms with Gasteiger partial charge in [-0.25, -0.2) is 8.42 Å². The molecular weight excluding hydrogens is 352 g/mol. The lowest BCUT2D eigenvalue weighted by molar-refractivity contribution is -0.125. The van der Waals surface area contributed by atoms with Gasteiger partial charge < -0.3 is 10.6 Å². The molecule has 3 atom stereocenters. The van der Waals surface area contributed by atoms with Gasteiger partial charge in [-0.1, -0.05) is 32.9 Å². The molecule has 1 saturated heterocycles. The fourth-order valence-corrected chi connectivity index (χ4v) is 4.95. The summed E-state index contributed by atoms with van der Waals surface area (Å²) in [5.41, 5.74) is 1.96. The highest BCUT2D eigenvalue weighted by Crippen LogP contribution is 2.40. The second-order valence-electron chi connectivity index (χ2n) is 8.37. The first-order chi connectivity index (χ1) is 12.0. The quantitative estimate of drug-likeness (QED) is 0.836. The van der Waals surface area contributed by atoms with Gasteiger partial charge in [0.25, 0.3) is 0 Å². The number of carbonyl (C=O) groups is 2. The number of nitrogens with one attached hydrogen (secondary N) is 2. The summed E-state index contributed by atoms with van der Waals surface area (Å²) in [4.78, 5) is 24.5. The van der Waals surface area contributed by atoms with Crippen molar-refractivity contribution in [3.8, 4) is 0 Å². The van der Waals surface area contributed by atoms with E-state index < -0.39 is 9.84 Å². The van der Waals surface area contributed by atoms with Crippen LogP contribution in [-0.2, 0) is 24.8 Å². The van der Waals surface area contributed by atoms with Crippen molar-refractivity contribution in [2.24, 2.45) is 11.8 Å². The molecule has 0 spiro atoms. The standard InChI is InChI=1S/C19H26N2O4S/c1-19(2,3)12-4-6-13(7-5-12)20-17(22)15-10-16(15)18(23)21-14-8-9-26(24,25)11-14/h4-7,14-16H,8-11H2,1-3H3,(H,20,22)(H,21,23). The number of hydrogen-bond acceptors (Lipinski definition) is 4. The van der Waals surface area contributed by atoms with Crippen molar-refractivity contribution in [2.45, 2.75) is 45.1 Å². The molecule has 2 amide bonds. The van der Waals surface area contributed by atoms with E-state index in [4.69, 9.17) is 0 Å². The van der Waals surface area contributed by atoms with Crippen molar-refractivity contribution < 1.29 is 18.0 Å². The average molecular weight is 378 g/mol. The number of anilines is 1. The van der Waals surface area contributed by atoms with Crippen LogP contribution in [0.4, 0.5) is 5.69 Å². The van der Waals surface area contributed by atoms with Gasteiger partial charge in [0.1, 0.15) is 0 Å². The van der Waals surface area contributed by atoms with Crippen LogP contribution in [0.15, 0.2) is 24.3 Å². The molecular formula is C19H26N2O4S. The summed E-state index contributed by atoms with van der Waals surface area (Å²) < 4.78 is 22.9. The number of rotatable bonds is 4. The molecule has 1 heterocycles. The number of benzene rings is 1. The third kappa shape index (κ3) is 4.44. The van der Waals surface area contributed by atoms with Crippen molar-refractivity contribution in [3.05, 3.63) is 29.8 Å².